The second-order valence-electron chi connectivity index (χ2n) is 5.24. The number of carbonyl (C=O) groups excluding carboxylic acids is 1. The van der Waals surface area contributed by atoms with Crippen molar-refractivity contribution >= 4 is 5.91 Å². The molecule has 2 aliphatic rings. The summed E-state index contributed by atoms with van der Waals surface area (Å²) in [7, 11) is 0. The highest BCUT2D eigenvalue weighted by atomic mass is 16.1. The molecule has 4 N–H and O–H groups in total. The molecule has 0 bridgehead atoms. The SMILES string of the molecule is CC(C(N)C(N)=O)N1CCCC2(CC2)C1. The molecule has 1 saturated carbocycles. The maximum absolute atomic E-state index is 11.0. The highest BCUT2D eigenvalue weighted by molar-refractivity contribution is 5.80. The van der Waals surface area contributed by atoms with Gasteiger partial charge in [-0.25, -0.2) is 0 Å². The summed E-state index contributed by atoms with van der Waals surface area (Å²) in [5.41, 5.74) is 11.6. The highest BCUT2D eigenvalue weighted by Crippen LogP contribution is 2.52. The minimum Gasteiger partial charge on any atom is -0.368 e. The molecule has 2 fully saturated rings. The molecule has 0 aromatic rings. The van der Waals surface area contributed by atoms with E-state index in [0.29, 0.717) is 5.41 Å². The number of rotatable bonds is 3. The lowest BCUT2D eigenvalue weighted by molar-refractivity contribution is -0.120. The Kier molecular flexibility index (Phi) is 2.73. The van der Waals surface area contributed by atoms with Crippen LogP contribution in [0.3, 0.4) is 0 Å². The highest BCUT2D eigenvalue weighted by Gasteiger charge is 2.46. The largest absolute Gasteiger partial charge is 0.368 e. The van der Waals surface area contributed by atoms with Crippen LogP contribution in [0.2, 0.25) is 0 Å². The molecule has 4 heteroatoms. The van der Waals surface area contributed by atoms with Crippen LogP contribution in [0.4, 0.5) is 0 Å². The van der Waals surface area contributed by atoms with Gasteiger partial charge in [-0.1, -0.05) is 0 Å². The van der Waals surface area contributed by atoms with Crippen molar-refractivity contribution in [2.45, 2.75) is 44.7 Å². The third kappa shape index (κ3) is 2.16. The number of primary amides is 1. The van der Waals surface area contributed by atoms with Crippen LogP contribution in [-0.4, -0.2) is 36.0 Å². The van der Waals surface area contributed by atoms with Gasteiger partial charge in [0, 0.05) is 12.6 Å². The first-order valence-corrected chi connectivity index (χ1v) is 5.83. The van der Waals surface area contributed by atoms with Gasteiger partial charge in [-0.2, -0.15) is 0 Å². The van der Waals surface area contributed by atoms with Crippen LogP contribution in [-0.2, 0) is 4.79 Å². The molecule has 0 aromatic heterocycles. The van der Waals surface area contributed by atoms with E-state index in [1.807, 2.05) is 6.92 Å². The Hall–Kier alpha value is -0.610. The average molecular weight is 211 g/mol. The van der Waals surface area contributed by atoms with Gasteiger partial charge in [-0.15, -0.1) is 0 Å². The smallest absolute Gasteiger partial charge is 0.235 e. The normalized spacial score (nSPS) is 28.7. The maximum Gasteiger partial charge on any atom is 0.235 e. The predicted molar refractivity (Wildman–Crippen MR) is 59.1 cm³/mol. The minimum atomic E-state index is -0.529. The van der Waals surface area contributed by atoms with Crippen molar-refractivity contribution in [2.75, 3.05) is 13.1 Å². The van der Waals surface area contributed by atoms with Crippen molar-refractivity contribution in [3.63, 3.8) is 0 Å². The molecule has 0 radical (unpaired) electrons. The van der Waals surface area contributed by atoms with Crippen molar-refractivity contribution in [3.8, 4) is 0 Å². The predicted octanol–water partition coefficient (Wildman–Crippen LogP) is 0.0635. The van der Waals surface area contributed by atoms with Gasteiger partial charge >= 0.3 is 0 Å². The van der Waals surface area contributed by atoms with Crippen LogP contribution < -0.4 is 11.5 Å². The first kappa shape index (κ1) is 10.9. The molecule has 1 spiro atoms. The standard InChI is InChI=1S/C11H21N3O/c1-8(9(12)10(13)15)14-6-2-3-11(7-14)4-5-11/h8-9H,2-7,12H2,1H3,(H2,13,15). The molecule has 4 nitrogen and oxygen atoms in total. The molecule has 1 aliphatic carbocycles. The number of piperidine rings is 1. The van der Waals surface area contributed by atoms with E-state index in [9.17, 15) is 4.79 Å². The van der Waals surface area contributed by atoms with E-state index in [1.54, 1.807) is 0 Å². The summed E-state index contributed by atoms with van der Waals surface area (Å²) in [4.78, 5) is 13.4. The van der Waals surface area contributed by atoms with Crippen molar-refractivity contribution in [1.29, 1.82) is 0 Å². The fourth-order valence-corrected chi connectivity index (χ4v) is 2.64. The van der Waals surface area contributed by atoms with Gasteiger partial charge in [0.05, 0.1) is 6.04 Å². The van der Waals surface area contributed by atoms with Gasteiger partial charge in [-0.05, 0) is 44.6 Å². The number of likely N-dealkylation sites (tertiary alicyclic amines) is 1. The molecular weight excluding hydrogens is 190 g/mol. The third-order valence-corrected chi connectivity index (χ3v) is 4.07. The van der Waals surface area contributed by atoms with Crippen LogP contribution in [0.5, 0.6) is 0 Å². The summed E-state index contributed by atoms with van der Waals surface area (Å²) in [6, 6.07) is -0.445. The van der Waals surface area contributed by atoms with Crippen molar-refractivity contribution < 1.29 is 4.79 Å². The molecule has 1 saturated heterocycles. The molecule has 15 heavy (non-hydrogen) atoms. The van der Waals surface area contributed by atoms with Crippen LogP contribution in [0.15, 0.2) is 0 Å². The Labute approximate surface area is 91.0 Å². The number of hydrogen-bond acceptors (Lipinski definition) is 3. The zero-order valence-electron chi connectivity index (χ0n) is 9.41. The first-order valence-electron chi connectivity index (χ1n) is 5.83. The van der Waals surface area contributed by atoms with E-state index in [2.05, 4.69) is 4.90 Å². The third-order valence-electron chi connectivity index (χ3n) is 4.07. The van der Waals surface area contributed by atoms with Gasteiger partial charge in [0.25, 0.3) is 0 Å². The fourth-order valence-electron chi connectivity index (χ4n) is 2.64. The van der Waals surface area contributed by atoms with Gasteiger partial charge in [0.15, 0.2) is 0 Å². The Balaban J connectivity index is 1.94. The molecular formula is C11H21N3O. The van der Waals surface area contributed by atoms with Crippen molar-refractivity contribution in [2.24, 2.45) is 16.9 Å². The summed E-state index contributed by atoms with van der Waals surface area (Å²) in [5, 5.41) is 0. The topological polar surface area (TPSA) is 72.3 Å². The number of amides is 1. The molecule has 2 atom stereocenters. The maximum atomic E-state index is 11.0. The summed E-state index contributed by atoms with van der Waals surface area (Å²) in [5.74, 6) is -0.391. The Morgan fingerprint density at radius 1 is 1.40 bits per heavy atom. The molecule has 86 valence electrons. The quantitative estimate of drug-likeness (QED) is 0.693. The van der Waals surface area contributed by atoms with Crippen LogP contribution in [0, 0.1) is 5.41 Å². The van der Waals surface area contributed by atoms with E-state index in [-0.39, 0.29) is 6.04 Å². The second-order valence-corrected chi connectivity index (χ2v) is 5.24. The number of nitrogens with zero attached hydrogens (tertiary/aromatic N) is 1. The summed E-state index contributed by atoms with van der Waals surface area (Å²) in [6.07, 6.45) is 5.28. The van der Waals surface area contributed by atoms with Crippen LogP contribution >= 0.6 is 0 Å². The average Bonchev–Trinajstić information content (AvgIpc) is 2.95. The summed E-state index contributed by atoms with van der Waals surface area (Å²) >= 11 is 0. The number of nitrogens with two attached hydrogens (primary N) is 2. The van der Waals surface area contributed by atoms with E-state index < -0.39 is 11.9 Å². The molecule has 1 heterocycles. The molecule has 2 rings (SSSR count). The zero-order valence-corrected chi connectivity index (χ0v) is 9.41. The van der Waals surface area contributed by atoms with Crippen LogP contribution in [0.1, 0.15) is 32.6 Å². The summed E-state index contributed by atoms with van der Waals surface area (Å²) in [6.45, 7) is 4.18. The lowest BCUT2D eigenvalue weighted by Crippen LogP contribution is -2.55. The fraction of sp³-hybridized carbons (Fsp3) is 0.909. The minimum absolute atomic E-state index is 0.0836. The summed E-state index contributed by atoms with van der Waals surface area (Å²) < 4.78 is 0. The molecule has 1 aliphatic heterocycles. The Morgan fingerprint density at radius 3 is 2.60 bits per heavy atom. The van der Waals surface area contributed by atoms with E-state index in [4.69, 9.17) is 11.5 Å². The van der Waals surface area contributed by atoms with E-state index in [1.165, 1.54) is 25.7 Å². The number of hydrogen-bond donors (Lipinski definition) is 2. The zero-order chi connectivity index (χ0) is 11.1. The second kappa shape index (κ2) is 3.76. The van der Waals surface area contributed by atoms with Gasteiger partial charge in [-0.3, -0.25) is 9.69 Å². The molecule has 2 unspecified atom stereocenters. The van der Waals surface area contributed by atoms with Gasteiger partial charge < -0.3 is 11.5 Å². The Bertz CT molecular complexity index is 263. The van der Waals surface area contributed by atoms with Crippen molar-refractivity contribution in [1.82, 2.24) is 4.90 Å². The lowest BCUT2D eigenvalue weighted by atomic mass is 9.93. The van der Waals surface area contributed by atoms with Gasteiger partial charge in [0.1, 0.15) is 0 Å². The lowest BCUT2D eigenvalue weighted by Gasteiger charge is -2.38. The van der Waals surface area contributed by atoms with Crippen LogP contribution in [0.25, 0.3) is 0 Å². The number of carbonyl (C=O) groups is 1. The van der Waals surface area contributed by atoms with E-state index >= 15 is 0 Å². The molecule has 0 aromatic carbocycles. The van der Waals surface area contributed by atoms with Gasteiger partial charge in [0.2, 0.25) is 5.91 Å². The van der Waals surface area contributed by atoms with Crippen molar-refractivity contribution in [3.05, 3.63) is 0 Å². The van der Waals surface area contributed by atoms with E-state index in [0.717, 1.165) is 13.1 Å². The first-order chi connectivity index (χ1) is 7.04. The molecule has 1 amide bonds. The Morgan fingerprint density at radius 2 is 2.07 bits per heavy atom. The monoisotopic (exact) mass is 211 g/mol.